The second kappa shape index (κ2) is 6.78. The van der Waals surface area contributed by atoms with Crippen LogP contribution in [0, 0.1) is 0 Å². The molecular weight excluding hydrogens is 356 g/mol. The molecule has 0 aliphatic heterocycles. The number of allylic oxidation sites excluding steroid dienone is 1. The van der Waals surface area contributed by atoms with Gasteiger partial charge in [0, 0.05) is 0 Å². The van der Waals surface area contributed by atoms with E-state index >= 15 is 0 Å². The Morgan fingerprint density at radius 1 is 1.10 bits per heavy atom. The summed E-state index contributed by atoms with van der Waals surface area (Å²) in [4.78, 5) is 0. The van der Waals surface area contributed by atoms with Crippen LogP contribution in [0.1, 0.15) is 13.8 Å². The maximum absolute atomic E-state index is 12.3. The molecule has 0 atom stereocenters. The fourth-order valence-corrected chi connectivity index (χ4v) is 4.36. The van der Waals surface area contributed by atoms with Gasteiger partial charge in [0.15, 0.2) is 0 Å². The Morgan fingerprint density at radius 2 is 1.65 bits per heavy atom. The fraction of sp³-hybridized carbons (Fsp3) is 0.385. The van der Waals surface area contributed by atoms with Crippen molar-refractivity contribution in [3.05, 3.63) is 41.5 Å². The summed E-state index contributed by atoms with van der Waals surface area (Å²) in [6.07, 6.45) is 0. The fourth-order valence-electron chi connectivity index (χ4n) is 1.32. The number of hydrogen-bond donors (Lipinski definition) is 0. The van der Waals surface area contributed by atoms with Gasteiger partial charge < -0.3 is 0 Å². The molecule has 0 bridgehead atoms. The standard InChI is InChI=1S/C13H15F3O2SSe/c1-10(8-19(17,18)13(14,15)16)11(2)9-20-12-6-4-3-5-7-12/h3-7H,8-9H2,1-2H3/b11-10-. The van der Waals surface area contributed by atoms with Crippen LogP contribution < -0.4 is 4.46 Å². The van der Waals surface area contributed by atoms with Crippen LogP contribution in [-0.2, 0) is 9.84 Å². The number of halogens is 3. The average molecular weight is 371 g/mol. The molecule has 0 unspecified atom stereocenters. The molecule has 0 aromatic heterocycles. The van der Waals surface area contributed by atoms with Gasteiger partial charge in [0.05, 0.1) is 0 Å². The first-order valence-electron chi connectivity index (χ1n) is 5.75. The van der Waals surface area contributed by atoms with Crippen LogP contribution in [-0.4, -0.2) is 34.6 Å². The van der Waals surface area contributed by atoms with Crippen LogP contribution in [0.5, 0.6) is 0 Å². The van der Waals surface area contributed by atoms with E-state index in [1.54, 1.807) is 6.92 Å². The molecule has 20 heavy (non-hydrogen) atoms. The van der Waals surface area contributed by atoms with E-state index in [1.807, 2.05) is 30.3 Å². The zero-order valence-electron chi connectivity index (χ0n) is 11.1. The molecule has 2 nitrogen and oxygen atoms in total. The van der Waals surface area contributed by atoms with Crippen molar-refractivity contribution in [2.24, 2.45) is 0 Å². The first-order chi connectivity index (χ1) is 9.13. The van der Waals surface area contributed by atoms with Gasteiger partial charge in [-0.3, -0.25) is 0 Å². The number of benzene rings is 1. The molecule has 0 saturated heterocycles. The van der Waals surface area contributed by atoms with Crippen molar-refractivity contribution < 1.29 is 21.6 Å². The van der Waals surface area contributed by atoms with Crippen molar-refractivity contribution in [1.82, 2.24) is 0 Å². The molecule has 1 rings (SSSR count). The Hall–Kier alpha value is -0.781. The van der Waals surface area contributed by atoms with Crippen molar-refractivity contribution in [1.29, 1.82) is 0 Å². The van der Waals surface area contributed by atoms with Gasteiger partial charge in [0.2, 0.25) is 0 Å². The summed E-state index contributed by atoms with van der Waals surface area (Å²) in [7, 11) is -5.08. The van der Waals surface area contributed by atoms with Gasteiger partial charge >= 0.3 is 123 Å². The van der Waals surface area contributed by atoms with Gasteiger partial charge in [0.25, 0.3) is 0 Å². The molecule has 0 saturated carbocycles. The Balaban J connectivity index is 2.71. The van der Waals surface area contributed by atoms with Crippen LogP contribution in [0.2, 0.25) is 5.32 Å². The third kappa shape index (κ3) is 4.96. The molecule has 0 aliphatic rings. The summed E-state index contributed by atoms with van der Waals surface area (Å²) < 4.78 is 60.2. The van der Waals surface area contributed by atoms with E-state index in [-0.39, 0.29) is 20.5 Å². The third-order valence-corrected chi connectivity index (χ3v) is 6.69. The van der Waals surface area contributed by atoms with E-state index in [0.717, 1.165) is 4.46 Å². The van der Waals surface area contributed by atoms with Crippen molar-refractivity contribution >= 4 is 29.3 Å². The number of rotatable bonds is 5. The van der Waals surface area contributed by atoms with Gasteiger partial charge in [-0.2, -0.15) is 0 Å². The molecule has 112 valence electrons. The normalized spacial score (nSPS) is 14.1. The first-order valence-corrected chi connectivity index (χ1v) is 9.47. The molecule has 0 fully saturated rings. The number of hydrogen-bond acceptors (Lipinski definition) is 2. The summed E-state index contributed by atoms with van der Waals surface area (Å²) in [5, 5.41) is 0.607. The molecule has 1 aromatic rings. The number of sulfone groups is 1. The van der Waals surface area contributed by atoms with Crippen molar-refractivity contribution in [2.45, 2.75) is 24.7 Å². The second-order valence-electron chi connectivity index (χ2n) is 4.37. The van der Waals surface area contributed by atoms with Gasteiger partial charge in [0.1, 0.15) is 0 Å². The molecule has 0 spiro atoms. The Morgan fingerprint density at radius 3 is 2.15 bits per heavy atom. The molecule has 1 aromatic carbocycles. The zero-order valence-corrected chi connectivity index (χ0v) is 13.6. The first kappa shape index (κ1) is 17.3. The van der Waals surface area contributed by atoms with E-state index in [9.17, 15) is 21.6 Å². The monoisotopic (exact) mass is 372 g/mol. The average Bonchev–Trinajstić information content (AvgIpc) is 2.35. The molecular formula is C13H15F3O2SSe. The van der Waals surface area contributed by atoms with Crippen molar-refractivity contribution in [3.63, 3.8) is 0 Å². The maximum atomic E-state index is 12.3. The van der Waals surface area contributed by atoms with Gasteiger partial charge in [-0.25, -0.2) is 0 Å². The minimum atomic E-state index is -5.18. The van der Waals surface area contributed by atoms with Crippen LogP contribution >= 0.6 is 0 Å². The zero-order chi connectivity index (χ0) is 15.4. The minimum absolute atomic E-state index is 0.0919. The topological polar surface area (TPSA) is 34.1 Å². The molecule has 0 heterocycles. The molecule has 0 radical (unpaired) electrons. The van der Waals surface area contributed by atoms with E-state index in [1.165, 1.54) is 6.92 Å². The van der Waals surface area contributed by atoms with Gasteiger partial charge in [-0.1, -0.05) is 0 Å². The van der Waals surface area contributed by atoms with E-state index in [0.29, 0.717) is 10.9 Å². The van der Waals surface area contributed by atoms with Crippen LogP contribution in [0.15, 0.2) is 41.5 Å². The van der Waals surface area contributed by atoms with Crippen LogP contribution in [0.25, 0.3) is 0 Å². The summed E-state index contributed by atoms with van der Waals surface area (Å²) in [5.74, 6) is -0.951. The predicted octanol–water partition coefficient (Wildman–Crippen LogP) is 2.71. The van der Waals surface area contributed by atoms with Crippen LogP contribution in [0.3, 0.4) is 0 Å². The number of alkyl halides is 3. The summed E-state index contributed by atoms with van der Waals surface area (Å²) in [5.41, 5.74) is -4.19. The summed E-state index contributed by atoms with van der Waals surface area (Å²) in [6.45, 7) is 3.13. The molecule has 0 amide bonds. The Bertz CT molecular complexity index is 577. The van der Waals surface area contributed by atoms with Crippen molar-refractivity contribution in [3.8, 4) is 0 Å². The van der Waals surface area contributed by atoms with Gasteiger partial charge in [-0.05, 0) is 0 Å². The second-order valence-corrected chi connectivity index (χ2v) is 8.55. The SMILES string of the molecule is C/C(C[Se]c1ccccc1)=C(\C)CS(=O)(=O)C(F)(F)F. The van der Waals surface area contributed by atoms with E-state index in [2.05, 4.69) is 0 Å². The molecule has 0 N–H and O–H groups in total. The van der Waals surface area contributed by atoms with Gasteiger partial charge in [-0.15, -0.1) is 0 Å². The van der Waals surface area contributed by atoms with E-state index in [4.69, 9.17) is 0 Å². The quantitative estimate of drug-likeness (QED) is 0.589. The molecule has 7 heteroatoms. The van der Waals surface area contributed by atoms with E-state index < -0.39 is 21.1 Å². The molecule has 0 aliphatic carbocycles. The Kier molecular flexibility index (Phi) is 5.86. The van der Waals surface area contributed by atoms with Crippen molar-refractivity contribution in [2.75, 3.05) is 5.75 Å². The third-order valence-electron chi connectivity index (χ3n) is 2.69. The van der Waals surface area contributed by atoms with Crippen LogP contribution in [0.4, 0.5) is 13.2 Å². The Labute approximate surface area is 123 Å². The predicted molar refractivity (Wildman–Crippen MR) is 74.9 cm³/mol. The summed E-state index contributed by atoms with van der Waals surface area (Å²) >= 11 is 0.0919. The summed E-state index contributed by atoms with van der Waals surface area (Å²) in [6, 6.07) is 9.60.